The molecule has 1 aliphatic heterocycles. The van der Waals surface area contributed by atoms with E-state index in [1.54, 1.807) is 12.3 Å². The van der Waals surface area contributed by atoms with E-state index in [-0.39, 0.29) is 5.91 Å². The normalized spacial score (nSPS) is 34.7. The summed E-state index contributed by atoms with van der Waals surface area (Å²) in [5.41, 5.74) is 0. The van der Waals surface area contributed by atoms with Crippen molar-refractivity contribution in [2.24, 2.45) is 11.8 Å². The lowest BCUT2D eigenvalue weighted by Gasteiger charge is -2.30. The molecule has 3 atom stereocenters. The van der Waals surface area contributed by atoms with Gasteiger partial charge in [-0.2, -0.15) is 0 Å². The van der Waals surface area contributed by atoms with E-state index in [2.05, 4.69) is 0 Å². The number of nitrogens with zero attached hydrogens (tertiary/aromatic N) is 1. The van der Waals surface area contributed by atoms with Crippen LogP contribution in [0.25, 0.3) is 6.08 Å². The third-order valence-electron chi connectivity index (χ3n) is 4.67. The molecule has 0 radical (unpaired) electrons. The van der Waals surface area contributed by atoms with Crippen LogP contribution in [0.1, 0.15) is 31.4 Å². The number of thiocarbonyl (C=S) groups is 1. The number of amides is 1. The molecule has 3 fully saturated rings. The molecule has 0 spiro atoms. The lowest BCUT2D eigenvalue weighted by atomic mass is 9.94. The van der Waals surface area contributed by atoms with Crippen molar-refractivity contribution in [1.29, 1.82) is 0 Å². The zero-order valence-electron chi connectivity index (χ0n) is 11.0. The molecule has 0 aromatic carbocycles. The topological polar surface area (TPSA) is 33.5 Å². The Morgan fingerprint density at radius 1 is 1.40 bits per heavy atom. The van der Waals surface area contributed by atoms with Crippen LogP contribution in [-0.2, 0) is 4.79 Å². The highest BCUT2D eigenvalue weighted by Crippen LogP contribution is 2.49. The fourth-order valence-corrected chi connectivity index (χ4v) is 5.15. The summed E-state index contributed by atoms with van der Waals surface area (Å²) >= 11 is 6.84. The number of carbonyl (C=O) groups excluding carboxylic acids is 1. The highest BCUT2D eigenvalue weighted by Gasteiger charge is 2.47. The van der Waals surface area contributed by atoms with E-state index in [0.29, 0.717) is 26.9 Å². The summed E-state index contributed by atoms with van der Waals surface area (Å²) in [5.74, 6) is 2.24. The Morgan fingerprint density at radius 3 is 2.95 bits per heavy atom. The monoisotopic (exact) mass is 305 g/mol. The molecule has 5 heteroatoms. The molecule has 1 aromatic rings. The first-order chi connectivity index (χ1) is 9.72. The van der Waals surface area contributed by atoms with Gasteiger partial charge in [0.05, 0.1) is 11.2 Å². The molecule has 3 nitrogen and oxygen atoms in total. The second-order valence-corrected chi connectivity index (χ2v) is 7.49. The van der Waals surface area contributed by atoms with Gasteiger partial charge >= 0.3 is 0 Å². The third-order valence-corrected chi connectivity index (χ3v) is 6.00. The van der Waals surface area contributed by atoms with Crippen molar-refractivity contribution in [3.63, 3.8) is 0 Å². The largest absolute Gasteiger partial charge is 0.465 e. The molecule has 1 saturated heterocycles. The number of hydrogen-bond donors (Lipinski definition) is 0. The van der Waals surface area contributed by atoms with Crippen LogP contribution in [0.2, 0.25) is 0 Å². The Kier molecular flexibility index (Phi) is 3.00. The molecule has 3 aliphatic rings. The van der Waals surface area contributed by atoms with E-state index in [4.69, 9.17) is 16.6 Å². The molecule has 3 unspecified atom stereocenters. The second-order valence-electron chi connectivity index (χ2n) is 5.81. The maximum Gasteiger partial charge on any atom is 0.266 e. The van der Waals surface area contributed by atoms with Gasteiger partial charge in [-0.15, -0.1) is 0 Å². The van der Waals surface area contributed by atoms with Crippen LogP contribution in [0, 0.1) is 11.8 Å². The molecular weight excluding hydrogens is 290 g/mol. The SMILES string of the molecule is O=C1C(=Cc2ccco2)SC(=S)N1C1CC2CCC1C2. The fraction of sp³-hybridized carbons (Fsp3) is 0.467. The van der Waals surface area contributed by atoms with Crippen LogP contribution < -0.4 is 0 Å². The summed E-state index contributed by atoms with van der Waals surface area (Å²) in [6.45, 7) is 0. The average Bonchev–Trinajstić information content (AvgIpc) is 3.17. The van der Waals surface area contributed by atoms with Gasteiger partial charge in [0, 0.05) is 12.1 Å². The zero-order chi connectivity index (χ0) is 13.7. The van der Waals surface area contributed by atoms with Crippen molar-refractivity contribution in [1.82, 2.24) is 4.90 Å². The van der Waals surface area contributed by atoms with Crippen LogP contribution in [0.3, 0.4) is 0 Å². The van der Waals surface area contributed by atoms with Gasteiger partial charge in [0.25, 0.3) is 5.91 Å². The number of furan rings is 1. The molecule has 1 amide bonds. The summed E-state index contributed by atoms with van der Waals surface area (Å²) in [4.78, 5) is 15.2. The van der Waals surface area contributed by atoms with Gasteiger partial charge in [0.1, 0.15) is 10.1 Å². The minimum atomic E-state index is 0.0638. The number of thioether (sulfide) groups is 1. The van der Waals surface area contributed by atoms with Gasteiger partial charge < -0.3 is 4.42 Å². The number of rotatable bonds is 2. The van der Waals surface area contributed by atoms with Crippen molar-refractivity contribution >= 4 is 40.3 Å². The Hall–Kier alpha value is -1.07. The highest BCUT2D eigenvalue weighted by molar-refractivity contribution is 8.26. The lowest BCUT2D eigenvalue weighted by molar-refractivity contribution is -0.124. The Bertz CT molecular complexity index is 593. The first-order valence-corrected chi connectivity index (χ1v) is 8.25. The van der Waals surface area contributed by atoms with Crippen LogP contribution in [-0.4, -0.2) is 21.2 Å². The van der Waals surface area contributed by atoms with Crippen LogP contribution >= 0.6 is 24.0 Å². The zero-order valence-corrected chi connectivity index (χ0v) is 12.6. The van der Waals surface area contributed by atoms with E-state index in [1.807, 2.05) is 17.0 Å². The summed E-state index contributed by atoms with van der Waals surface area (Å²) in [6, 6.07) is 4.01. The Morgan fingerprint density at radius 2 is 2.30 bits per heavy atom. The van der Waals surface area contributed by atoms with Gasteiger partial charge in [-0.1, -0.05) is 30.4 Å². The van der Waals surface area contributed by atoms with Crippen molar-refractivity contribution in [3.05, 3.63) is 29.1 Å². The minimum Gasteiger partial charge on any atom is -0.465 e. The average molecular weight is 305 g/mol. The van der Waals surface area contributed by atoms with Gasteiger partial charge in [0.15, 0.2) is 0 Å². The highest BCUT2D eigenvalue weighted by atomic mass is 32.2. The van der Waals surface area contributed by atoms with Gasteiger partial charge in [-0.05, 0) is 43.2 Å². The van der Waals surface area contributed by atoms with Crippen molar-refractivity contribution in [3.8, 4) is 0 Å². The fourth-order valence-electron chi connectivity index (χ4n) is 3.80. The molecule has 2 aliphatic carbocycles. The van der Waals surface area contributed by atoms with Crippen LogP contribution in [0.15, 0.2) is 27.7 Å². The summed E-state index contributed by atoms with van der Waals surface area (Å²) in [6.07, 6.45) is 8.40. The maximum absolute atomic E-state index is 12.6. The molecular formula is C15H15NO2S2. The van der Waals surface area contributed by atoms with E-state index in [0.717, 1.165) is 12.3 Å². The van der Waals surface area contributed by atoms with E-state index in [9.17, 15) is 4.79 Å². The molecule has 104 valence electrons. The number of hydrogen-bond acceptors (Lipinski definition) is 4. The molecule has 2 bridgehead atoms. The maximum atomic E-state index is 12.6. The first kappa shape index (κ1) is 12.7. The molecule has 2 heterocycles. The third kappa shape index (κ3) is 1.95. The van der Waals surface area contributed by atoms with E-state index >= 15 is 0 Å². The number of fused-ring (bicyclic) bond motifs is 2. The number of carbonyl (C=O) groups is 1. The van der Waals surface area contributed by atoms with Gasteiger partial charge in [-0.3, -0.25) is 9.69 Å². The van der Waals surface area contributed by atoms with Gasteiger partial charge in [-0.25, -0.2) is 0 Å². The van der Waals surface area contributed by atoms with Crippen molar-refractivity contribution in [2.45, 2.75) is 31.7 Å². The summed E-state index contributed by atoms with van der Waals surface area (Å²) < 4.78 is 6.00. The van der Waals surface area contributed by atoms with Crippen molar-refractivity contribution < 1.29 is 9.21 Å². The minimum absolute atomic E-state index is 0.0638. The van der Waals surface area contributed by atoms with Crippen LogP contribution in [0.4, 0.5) is 0 Å². The molecule has 4 rings (SSSR count). The predicted molar refractivity (Wildman–Crippen MR) is 83.0 cm³/mol. The van der Waals surface area contributed by atoms with E-state index in [1.165, 1.54) is 31.0 Å². The van der Waals surface area contributed by atoms with Gasteiger partial charge in [0.2, 0.25) is 0 Å². The smallest absolute Gasteiger partial charge is 0.266 e. The quantitative estimate of drug-likeness (QED) is 0.616. The molecule has 1 aromatic heterocycles. The first-order valence-electron chi connectivity index (χ1n) is 7.03. The summed E-state index contributed by atoms with van der Waals surface area (Å²) in [5, 5.41) is 0. The Balaban J connectivity index is 1.60. The molecule has 0 N–H and O–H groups in total. The molecule has 20 heavy (non-hydrogen) atoms. The summed E-state index contributed by atoms with van der Waals surface area (Å²) in [7, 11) is 0. The Labute approximate surface area is 127 Å². The predicted octanol–water partition coefficient (Wildman–Crippen LogP) is 3.67. The van der Waals surface area contributed by atoms with Crippen molar-refractivity contribution in [2.75, 3.05) is 0 Å². The standard InChI is InChI=1S/C15H15NO2S2/c17-14-13(8-11-2-1-5-18-11)20-15(19)16(14)12-7-9-3-4-10(12)6-9/h1-2,5,8-10,12H,3-4,6-7H2. The lowest BCUT2D eigenvalue weighted by Crippen LogP contribution is -2.41. The molecule has 2 saturated carbocycles. The van der Waals surface area contributed by atoms with Crippen LogP contribution in [0.5, 0.6) is 0 Å². The second kappa shape index (κ2) is 4.74. The van der Waals surface area contributed by atoms with E-state index < -0.39 is 0 Å².